The van der Waals surface area contributed by atoms with Gasteiger partial charge >= 0.3 is 0 Å². The Morgan fingerprint density at radius 2 is 1.77 bits per heavy atom. The highest BCUT2D eigenvalue weighted by Gasteiger charge is 2.20. The Balaban J connectivity index is 3.55. The van der Waals surface area contributed by atoms with Crippen LogP contribution in [0.25, 0.3) is 0 Å². The van der Waals surface area contributed by atoms with E-state index < -0.39 is 0 Å². The molecular formula is C11H24BrN. The summed E-state index contributed by atoms with van der Waals surface area (Å²) in [6.07, 6.45) is 5.41. The second kappa shape index (κ2) is 6.83. The van der Waals surface area contributed by atoms with Crippen molar-refractivity contribution in [1.29, 1.82) is 0 Å². The van der Waals surface area contributed by atoms with Crippen LogP contribution in [0.2, 0.25) is 0 Å². The van der Waals surface area contributed by atoms with Crippen LogP contribution < -0.4 is 0 Å². The molecule has 0 aliphatic carbocycles. The third kappa shape index (κ3) is 5.69. The van der Waals surface area contributed by atoms with Crippen LogP contribution in [0, 0.1) is 0 Å². The van der Waals surface area contributed by atoms with Gasteiger partial charge in [0.05, 0.1) is 0 Å². The first-order valence-electron chi connectivity index (χ1n) is 5.31. The van der Waals surface area contributed by atoms with E-state index in [2.05, 4.69) is 48.6 Å². The first-order chi connectivity index (χ1) is 6.04. The van der Waals surface area contributed by atoms with E-state index in [1.807, 2.05) is 0 Å². The largest absolute Gasteiger partial charge is 0.300 e. The molecule has 0 aromatic carbocycles. The number of hydrogen-bond donors (Lipinski definition) is 0. The van der Waals surface area contributed by atoms with Gasteiger partial charge in [0.25, 0.3) is 0 Å². The molecule has 0 rings (SSSR count). The van der Waals surface area contributed by atoms with Gasteiger partial charge in [0.15, 0.2) is 0 Å². The summed E-state index contributed by atoms with van der Waals surface area (Å²) >= 11 is 3.55. The van der Waals surface area contributed by atoms with Gasteiger partial charge in [0.2, 0.25) is 0 Å². The molecule has 13 heavy (non-hydrogen) atoms. The van der Waals surface area contributed by atoms with Crippen molar-refractivity contribution in [1.82, 2.24) is 4.90 Å². The Kier molecular flexibility index (Phi) is 7.06. The summed E-state index contributed by atoms with van der Waals surface area (Å²) < 4.78 is 0. The van der Waals surface area contributed by atoms with Crippen molar-refractivity contribution in [2.45, 2.75) is 52.0 Å². The van der Waals surface area contributed by atoms with E-state index in [9.17, 15) is 0 Å². The van der Waals surface area contributed by atoms with Crippen molar-refractivity contribution in [3.63, 3.8) is 0 Å². The fourth-order valence-corrected chi connectivity index (χ4v) is 1.61. The zero-order chi connectivity index (χ0) is 10.3. The Morgan fingerprint density at radius 3 is 2.23 bits per heavy atom. The molecule has 2 heteroatoms. The molecule has 0 aliphatic heterocycles. The molecule has 0 heterocycles. The number of alkyl halides is 1. The first kappa shape index (κ1) is 13.4. The molecule has 0 radical (unpaired) electrons. The fourth-order valence-electron chi connectivity index (χ4n) is 1.18. The summed E-state index contributed by atoms with van der Waals surface area (Å²) in [7, 11) is 2.22. The smallest absolute Gasteiger partial charge is 0.0246 e. The van der Waals surface area contributed by atoms with Crippen molar-refractivity contribution >= 4 is 15.9 Å². The van der Waals surface area contributed by atoms with Crippen molar-refractivity contribution in [3.8, 4) is 0 Å². The third-order valence-electron chi connectivity index (χ3n) is 2.71. The van der Waals surface area contributed by atoms with Gasteiger partial charge in [0, 0.05) is 10.9 Å². The molecule has 0 aromatic rings. The lowest BCUT2D eigenvalue weighted by Gasteiger charge is -2.34. The van der Waals surface area contributed by atoms with Crippen molar-refractivity contribution in [3.05, 3.63) is 0 Å². The quantitative estimate of drug-likeness (QED) is 0.492. The number of nitrogens with zero attached hydrogens (tertiary/aromatic N) is 1. The van der Waals surface area contributed by atoms with Gasteiger partial charge in [-0.05, 0) is 33.9 Å². The Labute approximate surface area is 92.0 Å². The molecule has 80 valence electrons. The van der Waals surface area contributed by atoms with Gasteiger partial charge in [-0.3, -0.25) is 0 Å². The summed E-state index contributed by atoms with van der Waals surface area (Å²) in [5.41, 5.74) is 0.298. The van der Waals surface area contributed by atoms with Crippen LogP contribution in [0.3, 0.4) is 0 Å². The van der Waals surface area contributed by atoms with E-state index in [0.717, 1.165) is 5.33 Å². The number of halogens is 1. The Hall–Kier alpha value is 0.440. The summed E-state index contributed by atoms with van der Waals surface area (Å²) in [5.74, 6) is 0. The molecular weight excluding hydrogens is 226 g/mol. The number of unbranched alkanes of at least 4 members (excludes halogenated alkanes) is 3. The highest BCUT2D eigenvalue weighted by atomic mass is 79.9. The molecule has 0 fully saturated rings. The Bertz CT molecular complexity index is 123. The van der Waals surface area contributed by atoms with Gasteiger partial charge < -0.3 is 4.90 Å². The van der Waals surface area contributed by atoms with E-state index in [-0.39, 0.29) is 0 Å². The second-order valence-electron chi connectivity index (χ2n) is 4.43. The van der Waals surface area contributed by atoms with E-state index in [1.165, 1.54) is 32.2 Å². The summed E-state index contributed by atoms with van der Waals surface area (Å²) in [4.78, 5) is 2.44. The summed E-state index contributed by atoms with van der Waals surface area (Å²) in [6.45, 7) is 8.04. The van der Waals surface area contributed by atoms with Crippen molar-refractivity contribution in [2.24, 2.45) is 0 Å². The van der Waals surface area contributed by atoms with Crippen LogP contribution in [0.15, 0.2) is 0 Å². The average molecular weight is 250 g/mol. The summed E-state index contributed by atoms with van der Waals surface area (Å²) in [6, 6.07) is 0. The zero-order valence-corrected chi connectivity index (χ0v) is 11.2. The molecule has 0 spiro atoms. The van der Waals surface area contributed by atoms with Crippen LogP contribution in [0.1, 0.15) is 46.5 Å². The lowest BCUT2D eigenvalue weighted by atomic mass is 10.1. The molecule has 0 N–H and O–H groups in total. The summed E-state index contributed by atoms with van der Waals surface area (Å²) in [5, 5.41) is 1.05. The third-order valence-corrected chi connectivity index (χ3v) is 4.08. The minimum atomic E-state index is 0.298. The Morgan fingerprint density at radius 1 is 1.15 bits per heavy atom. The topological polar surface area (TPSA) is 3.24 Å². The predicted octanol–water partition coefficient (Wildman–Crippen LogP) is 3.67. The lowest BCUT2D eigenvalue weighted by molar-refractivity contribution is 0.178. The van der Waals surface area contributed by atoms with Gasteiger partial charge in [-0.1, -0.05) is 42.1 Å². The maximum atomic E-state index is 3.55. The van der Waals surface area contributed by atoms with E-state index in [1.54, 1.807) is 0 Å². The molecule has 0 saturated heterocycles. The minimum absolute atomic E-state index is 0.298. The molecule has 0 atom stereocenters. The van der Waals surface area contributed by atoms with Crippen LogP contribution in [-0.4, -0.2) is 29.4 Å². The highest BCUT2D eigenvalue weighted by Crippen LogP contribution is 2.15. The standard InChI is InChI=1S/C11H24BrN/c1-5-6-7-8-9-13(4)11(2,3)10-12/h5-10H2,1-4H3. The van der Waals surface area contributed by atoms with E-state index >= 15 is 0 Å². The fraction of sp³-hybridized carbons (Fsp3) is 1.00. The molecule has 0 amide bonds. The molecule has 1 nitrogen and oxygen atoms in total. The molecule has 0 aliphatic rings. The maximum absolute atomic E-state index is 3.55. The highest BCUT2D eigenvalue weighted by molar-refractivity contribution is 9.09. The van der Waals surface area contributed by atoms with Crippen molar-refractivity contribution < 1.29 is 0 Å². The van der Waals surface area contributed by atoms with Crippen LogP contribution in [0.5, 0.6) is 0 Å². The van der Waals surface area contributed by atoms with Gasteiger partial charge in [-0.15, -0.1) is 0 Å². The molecule has 0 aromatic heterocycles. The SMILES string of the molecule is CCCCCCN(C)C(C)(C)CBr. The average Bonchev–Trinajstić information content (AvgIpc) is 2.12. The van der Waals surface area contributed by atoms with E-state index in [0.29, 0.717) is 5.54 Å². The van der Waals surface area contributed by atoms with Crippen LogP contribution in [-0.2, 0) is 0 Å². The first-order valence-corrected chi connectivity index (χ1v) is 6.44. The van der Waals surface area contributed by atoms with Crippen LogP contribution in [0.4, 0.5) is 0 Å². The minimum Gasteiger partial charge on any atom is -0.300 e. The number of rotatable bonds is 7. The van der Waals surface area contributed by atoms with Gasteiger partial charge in [-0.25, -0.2) is 0 Å². The maximum Gasteiger partial charge on any atom is 0.0246 e. The molecule has 0 unspecified atom stereocenters. The van der Waals surface area contributed by atoms with Gasteiger partial charge in [-0.2, -0.15) is 0 Å². The normalized spacial score (nSPS) is 12.5. The predicted molar refractivity (Wildman–Crippen MR) is 64.6 cm³/mol. The molecule has 0 bridgehead atoms. The van der Waals surface area contributed by atoms with Crippen molar-refractivity contribution in [2.75, 3.05) is 18.9 Å². The monoisotopic (exact) mass is 249 g/mol. The van der Waals surface area contributed by atoms with Crippen LogP contribution >= 0.6 is 15.9 Å². The second-order valence-corrected chi connectivity index (χ2v) is 4.99. The van der Waals surface area contributed by atoms with Gasteiger partial charge in [0.1, 0.15) is 0 Å². The zero-order valence-electron chi connectivity index (χ0n) is 9.57. The van der Waals surface area contributed by atoms with E-state index in [4.69, 9.17) is 0 Å². The number of hydrogen-bond acceptors (Lipinski definition) is 1. The molecule has 0 saturated carbocycles. The lowest BCUT2D eigenvalue weighted by Crippen LogP contribution is -2.43.